The van der Waals surface area contributed by atoms with Crippen molar-refractivity contribution in [2.75, 3.05) is 12.0 Å². The molecular weight excluding hydrogens is 292 g/mol. The molecule has 2 rings (SSSR count). The highest BCUT2D eigenvalue weighted by molar-refractivity contribution is 7.98. The fraction of sp³-hybridized carbons (Fsp3) is 0.133. The molecule has 0 atom stereocenters. The highest BCUT2D eigenvalue weighted by Crippen LogP contribution is 2.23. The molecule has 0 bridgehead atoms. The summed E-state index contributed by atoms with van der Waals surface area (Å²) in [6.07, 6.45) is 1.96. The SMILES string of the molecule is CSc1ccc(Cl)c(C(=O)NCc2ccc(N)cc2)c1. The second-order valence-corrected chi connectivity index (χ2v) is 5.56. The van der Waals surface area contributed by atoms with Gasteiger partial charge < -0.3 is 11.1 Å². The predicted octanol–water partition coefficient (Wildman–Crippen LogP) is 3.57. The van der Waals surface area contributed by atoms with Crippen molar-refractivity contribution in [1.82, 2.24) is 5.32 Å². The number of halogens is 1. The zero-order valence-electron chi connectivity index (χ0n) is 11.0. The van der Waals surface area contributed by atoms with Crippen molar-refractivity contribution in [2.24, 2.45) is 0 Å². The van der Waals surface area contributed by atoms with Crippen LogP contribution in [0.15, 0.2) is 47.4 Å². The van der Waals surface area contributed by atoms with E-state index in [2.05, 4.69) is 5.32 Å². The van der Waals surface area contributed by atoms with Gasteiger partial charge in [-0.15, -0.1) is 11.8 Å². The summed E-state index contributed by atoms with van der Waals surface area (Å²) < 4.78 is 0. The molecule has 0 saturated carbocycles. The highest BCUT2D eigenvalue weighted by Gasteiger charge is 2.10. The summed E-state index contributed by atoms with van der Waals surface area (Å²) in [6.45, 7) is 0.443. The van der Waals surface area contributed by atoms with Crippen LogP contribution in [0.2, 0.25) is 5.02 Å². The average Bonchev–Trinajstić information content (AvgIpc) is 2.47. The Morgan fingerprint density at radius 1 is 1.25 bits per heavy atom. The number of hydrogen-bond acceptors (Lipinski definition) is 3. The van der Waals surface area contributed by atoms with Gasteiger partial charge in [0.1, 0.15) is 0 Å². The Balaban J connectivity index is 2.06. The summed E-state index contributed by atoms with van der Waals surface area (Å²) in [5.41, 5.74) is 7.81. The van der Waals surface area contributed by atoms with Crippen LogP contribution >= 0.6 is 23.4 Å². The Hall–Kier alpha value is -1.65. The van der Waals surface area contributed by atoms with Crippen LogP contribution in [0.1, 0.15) is 15.9 Å². The number of amides is 1. The maximum atomic E-state index is 12.1. The van der Waals surface area contributed by atoms with Gasteiger partial charge in [0, 0.05) is 17.1 Å². The Morgan fingerprint density at radius 3 is 2.60 bits per heavy atom. The molecule has 2 aromatic carbocycles. The van der Waals surface area contributed by atoms with Crippen molar-refractivity contribution in [2.45, 2.75) is 11.4 Å². The monoisotopic (exact) mass is 306 g/mol. The van der Waals surface area contributed by atoms with Crippen molar-refractivity contribution < 1.29 is 4.79 Å². The predicted molar refractivity (Wildman–Crippen MR) is 85.3 cm³/mol. The molecule has 20 heavy (non-hydrogen) atoms. The van der Waals surface area contributed by atoms with E-state index in [1.165, 1.54) is 0 Å². The number of benzene rings is 2. The van der Waals surface area contributed by atoms with E-state index in [0.29, 0.717) is 22.8 Å². The van der Waals surface area contributed by atoms with E-state index in [9.17, 15) is 4.79 Å². The van der Waals surface area contributed by atoms with Gasteiger partial charge in [0.2, 0.25) is 0 Å². The third-order valence-corrected chi connectivity index (χ3v) is 3.91. The quantitative estimate of drug-likeness (QED) is 0.670. The summed E-state index contributed by atoms with van der Waals surface area (Å²) >= 11 is 7.64. The maximum Gasteiger partial charge on any atom is 0.253 e. The highest BCUT2D eigenvalue weighted by atomic mass is 35.5. The lowest BCUT2D eigenvalue weighted by atomic mass is 10.2. The van der Waals surface area contributed by atoms with E-state index >= 15 is 0 Å². The van der Waals surface area contributed by atoms with E-state index < -0.39 is 0 Å². The molecule has 104 valence electrons. The van der Waals surface area contributed by atoms with Gasteiger partial charge in [0.15, 0.2) is 0 Å². The number of anilines is 1. The van der Waals surface area contributed by atoms with Crippen LogP contribution in [0, 0.1) is 0 Å². The van der Waals surface area contributed by atoms with Gasteiger partial charge in [-0.3, -0.25) is 4.79 Å². The molecular formula is C15H15ClN2OS. The van der Waals surface area contributed by atoms with Crippen molar-refractivity contribution in [3.63, 3.8) is 0 Å². The number of hydrogen-bond donors (Lipinski definition) is 2. The summed E-state index contributed by atoms with van der Waals surface area (Å²) in [4.78, 5) is 13.2. The summed E-state index contributed by atoms with van der Waals surface area (Å²) in [5, 5.41) is 3.31. The van der Waals surface area contributed by atoms with E-state index in [-0.39, 0.29) is 5.91 Å². The first-order chi connectivity index (χ1) is 9.60. The second kappa shape index (κ2) is 6.68. The van der Waals surface area contributed by atoms with Crippen LogP contribution in [-0.2, 0) is 6.54 Å². The molecule has 5 heteroatoms. The van der Waals surface area contributed by atoms with Gasteiger partial charge in [-0.05, 0) is 42.2 Å². The molecule has 0 radical (unpaired) electrons. The number of carbonyl (C=O) groups is 1. The zero-order valence-corrected chi connectivity index (χ0v) is 12.6. The van der Waals surface area contributed by atoms with Crippen LogP contribution in [0.5, 0.6) is 0 Å². The molecule has 1 amide bonds. The lowest BCUT2D eigenvalue weighted by Crippen LogP contribution is -2.23. The summed E-state index contributed by atoms with van der Waals surface area (Å²) in [5.74, 6) is -0.178. The molecule has 0 aliphatic rings. The van der Waals surface area contributed by atoms with E-state index in [4.69, 9.17) is 17.3 Å². The molecule has 0 fully saturated rings. The van der Waals surface area contributed by atoms with Crippen molar-refractivity contribution in [1.29, 1.82) is 0 Å². The van der Waals surface area contributed by atoms with Gasteiger partial charge in [-0.25, -0.2) is 0 Å². The molecule has 3 nitrogen and oxygen atoms in total. The molecule has 0 aromatic heterocycles. The summed E-state index contributed by atoms with van der Waals surface area (Å²) in [6, 6.07) is 12.8. The normalized spacial score (nSPS) is 10.3. The minimum absolute atomic E-state index is 0.178. The van der Waals surface area contributed by atoms with Gasteiger partial charge in [0.25, 0.3) is 5.91 Å². The molecule has 0 spiro atoms. The Morgan fingerprint density at radius 2 is 1.95 bits per heavy atom. The average molecular weight is 307 g/mol. The number of nitrogens with one attached hydrogen (secondary N) is 1. The van der Waals surface area contributed by atoms with Crippen LogP contribution < -0.4 is 11.1 Å². The molecule has 2 aromatic rings. The third-order valence-electron chi connectivity index (χ3n) is 2.85. The van der Waals surface area contributed by atoms with Gasteiger partial charge >= 0.3 is 0 Å². The smallest absolute Gasteiger partial charge is 0.253 e. The second-order valence-electron chi connectivity index (χ2n) is 4.27. The number of nitrogens with two attached hydrogens (primary N) is 1. The number of thioether (sulfide) groups is 1. The minimum Gasteiger partial charge on any atom is -0.399 e. The van der Waals surface area contributed by atoms with Crippen molar-refractivity contribution in [3.8, 4) is 0 Å². The maximum absolute atomic E-state index is 12.1. The first kappa shape index (κ1) is 14.8. The van der Waals surface area contributed by atoms with Gasteiger partial charge in [-0.1, -0.05) is 23.7 Å². The summed E-state index contributed by atoms with van der Waals surface area (Å²) in [7, 11) is 0. The molecule has 0 unspecified atom stereocenters. The lowest BCUT2D eigenvalue weighted by Gasteiger charge is -2.08. The number of nitrogen functional groups attached to an aromatic ring is 1. The Labute approximate surface area is 127 Å². The fourth-order valence-corrected chi connectivity index (χ4v) is 2.36. The van der Waals surface area contributed by atoms with Gasteiger partial charge in [-0.2, -0.15) is 0 Å². The number of carbonyl (C=O) groups excluding carboxylic acids is 1. The lowest BCUT2D eigenvalue weighted by molar-refractivity contribution is 0.0951. The van der Waals surface area contributed by atoms with Crippen LogP contribution in [0.3, 0.4) is 0 Å². The Bertz CT molecular complexity index is 614. The first-order valence-electron chi connectivity index (χ1n) is 6.06. The molecule has 0 saturated heterocycles. The van der Waals surface area contributed by atoms with Gasteiger partial charge in [0.05, 0.1) is 10.6 Å². The fourth-order valence-electron chi connectivity index (χ4n) is 1.72. The number of rotatable bonds is 4. The van der Waals surface area contributed by atoms with Crippen molar-refractivity contribution in [3.05, 3.63) is 58.6 Å². The van der Waals surface area contributed by atoms with Crippen molar-refractivity contribution >= 4 is 35.0 Å². The Kier molecular flexibility index (Phi) is 4.93. The van der Waals surface area contributed by atoms with E-state index in [0.717, 1.165) is 10.5 Å². The molecule has 0 heterocycles. The topological polar surface area (TPSA) is 55.1 Å². The minimum atomic E-state index is -0.178. The van der Waals surface area contributed by atoms with Crippen LogP contribution in [0.25, 0.3) is 0 Å². The van der Waals surface area contributed by atoms with E-state index in [1.54, 1.807) is 23.9 Å². The van der Waals surface area contributed by atoms with Crippen LogP contribution in [-0.4, -0.2) is 12.2 Å². The zero-order chi connectivity index (χ0) is 14.5. The molecule has 0 aliphatic heterocycles. The largest absolute Gasteiger partial charge is 0.399 e. The van der Waals surface area contributed by atoms with Crippen LogP contribution in [0.4, 0.5) is 5.69 Å². The van der Waals surface area contributed by atoms with E-state index in [1.807, 2.05) is 36.6 Å². The molecule has 3 N–H and O–H groups in total. The third kappa shape index (κ3) is 3.68. The first-order valence-corrected chi connectivity index (χ1v) is 7.66. The standard InChI is InChI=1S/C15H15ClN2OS/c1-20-12-6-7-14(16)13(8-12)15(19)18-9-10-2-4-11(17)5-3-10/h2-8H,9,17H2,1H3,(H,18,19). The molecule has 0 aliphatic carbocycles.